The highest BCUT2D eigenvalue weighted by atomic mass is 79.9. The second-order valence-corrected chi connectivity index (χ2v) is 6.66. The molecule has 1 aromatic rings. The van der Waals surface area contributed by atoms with Crippen LogP contribution in [0, 0.1) is 0 Å². The van der Waals surface area contributed by atoms with Gasteiger partial charge in [0.15, 0.2) is 0 Å². The molecule has 104 valence electrons. The maximum atomic E-state index is 12.2. The van der Waals surface area contributed by atoms with Crippen LogP contribution in [-0.2, 0) is 4.74 Å². The van der Waals surface area contributed by atoms with E-state index in [0.29, 0.717) is 17.2 Å². The Labute approximate surface area is 126 Å². The predicted molar refractivity (Wildman–Crippen MR) is 79.7 cm³/mol. The summed E-state index contributed by atoms with van der Waals surface area (Å²) in [4.78, 5) is 12.2. The molecule has 0 aliphatic carbocycles. The molecule has 3 nitrogen and oxygen atoms in total. The van der Waals surface area contributed by atoms with Crippen molar-refractivity contribution < 1.29 is 9.53 Å². The highest BCUT2D eigenvalue weighted by Gasteiger charge is 2.29. The summed E-state index contributed by atoms with van der Waals surface area (Å²) in [7, 11) is 0. The molecular formula is C14H17BrClNO2. The van der Waals surface area contributed by atoms with Gasteiger partial charge in [-0.15, -0.1) is 0 Å². The van der Waals surface area contributed by atoms with Crippen LogP contribution < -0.4 is 5.32 Å². The number of benzene rings is 1. The molecule has 1 aliphatic rings. The minimum atomic E-state index is -0.173. The van der Waals surface area contributed by atoms with E-state index >= 15 is 0 Å². The van der Waals surface area contributed by atoms with Gasteiger partial charge in [-0.25, -0.2) is 0 Å². The normalized spacial score (nSPS) is 22.0. The first-order valence-electron chi connectivity index (χ1n) is 6.27. The third kappa shape index (κ3) is 3.94. The van der Waals surface area contributed by atoms with Crippen molar-refractivity contribution in [3.8, 4) is 0 Å². The molecule has 19 heavy (non-hydrogen) atoms. The fraction of sp³-hybridized carbons (Fsp3) is 0.500. The molecule has 0 radical (unpaired) electrons. The van der Waals surface area contributed by atoms with E-state index in [2.05, 4.69) is 21.2 Å². The lowest BCUT2D eigenvalue weighted by Gasteiger charge is -2.35. The van der Waals surface area contributed by atoms with Gasteiger partial charge in [-0.2, -0.15) is 0 Å². The summed E-state index contributed by atoms with van der Waals surface area (Å²) < 4.78 is 6.43. The van der Waals surface area contributed by atoms with Crippen LogP contribution in [0.15, 0.2) is 22.7 Å². The lowest BCUT2D eigenvalue weighted by atomic mass is 9.94. The number of amides is 1. The molecule has 1 atom stereocenters. The topological polar surface area (TPSA) is 38.3 Å². The van der Waals surface area contributed by atoms with Gasteiger partial charge >= 0.3 is 0 Å². The molecule has 1 N–H and O–H groups in total. The third-order valence-corrected chi connectivity index (χ3v) is 4.45. The average molecular weight is 347 g/mol. The summed E-state index contributed by atoms with van der Waals surface area (Å²) in [5, 5.41) is 3.59. The number of ether oxygens (including phenoxy) is 1. The Balaban J connectivity index is 2.02. The minimum Gasteiger partial charge on any atom is -0.375 e. The van der Waals surface area contributed by atoms with Crippen LogP contribution in [-0.4, -0.2) is 24.2 Å². The quantitative estimate of drug-likeness (QED) is 0.885. The standard InChI is InChI=1S/C14H17BrClNO2/c1-14(2)8-10(5-6-19-14)17-13(18)9-3-4-11(15)12(16)7-9/h3-4,7,10H,5-6,8H2,1-2H3,(H,17,18). The van der Waals surface area contributed by atoms with E-state index in [1.165, 1.54) is 0 Å². The van der Waals surface area contributed by atoms with Gasteiger partial charge in [0.2, 0.25) is 0 Å². The Kier molecular flexibility index (Phi) is 4.54. The lowest BCUT2D eigenvalue weighted by Crippen LogP contribution is -2.45. The molecule has 1 heterocycles. The van der Waals surface area contributed by atoms with Crippen molar-refractivity contribution in [1.82, 2.24) is 5.32 Å². The number of rotatable bonds is 2. The van der Waals surface area contributed by atoms with E-state index in [1.54, 1.807) is 18.2 Å². The van der Waals surface area contributed by atoms with E-state index in [-0.39, 0.29) is 17.6 Å². The molecule has 1 fully saturated rings. The first-order valence-corrected chi connectivity index (χ1v) is 7.44. The van der Waals surface area contributed by atoms with Crippen LogP contribution >= 0.6 is 27.5 Å². The molecule has 1 amide bonds. The molecule has 1 aromatic carbocycles. The Hall–Kier alpha value is -0.580. The van der Waals surface area contributed by atoms with Crippen LogP contribution in [0.25, 0.3) is 0 Å². The molecule has 1 saturated heterocycles. The van der Waals surface area contributed by atoms with E-state index in [1.807, 2.05) is 13.8 Å². The van der Waals surface area contributed by atoms with E-state index in [9.17, 15) is 4.79 Å². The maximum absolute atomic E-state index is 12.2. The van der Waals surface area contributed by atoms with Crippen LogP contribution in [0.4, 0.5) is 0 Å². The van der Waals surface area contributed by atoms with Gasteiger partial charge in [-0.05, 0) is 60.8 Å². The molecule has 5 heteroatoms. The first kappa shape index (κ1) is 14.8. The van der Waals surface area contributed by atoms with Crippen molar-refractivity contribution in [2.24, 2.45) is 0 Å². The van der Waals surface area contributed by atoms with E-state index in [4.69, 9.17) is 16.3 Å². The number of carbonyl (C=O) groups is 1. The zero-order chi connectivity index (χ0) is 14.0. The Morgan fingerprint density at radius 3 is 2.89 bits per heavy atom. The van der Waals surface area contributed by atoms with E-state index in [0.717, 1.165) is 17.3 Å². The van der Waals surface area contributed by atoms with Crippen molar-refractivity contribution in [1.29, 1.82) is 0 Å². The number of nitrogens with one attached hydrogen (secondary N) is 1. The van der Waals surface area contributed by atoms with Crippen molar-refractivity contribution in [2.45, 2.75) is 38.3 Å². The molecule has 0 bridgehead atoms. The van der Waals surface area contributed by atoms with Gasteiger partial charge in [-0.3, -0.25) is 4.79 Å². The lowest BCUT2D eigenvalue weighted by molar-refractivity contribution is -0.0615. The van der Waals surface area contributed by atoms with Gasteiger partial charge in [0.1, 0.15) is 0 Å². The first-order chi connectivity index (χ1) is 8.87. The second kappa shape index (κ2) is 5.81. The molecule has 0 spiro atoms. The number of hydrogen-bond donors (Lipinski definition) is 1. The minimum absolute atomic E-state index is 0.0860. The Morgan fingerprint density at radius 1 is 1.53 bits per heavy atom. The van der Waals surface area contributed by atoms with Crippen molar-refractivity contribution in [3.05, 3.63) is 33.3 Å². The van der Waals surface area contributed by atoms with Crippen LogP contribution in [0.2, 0.25) is 5.02 Å². The summed E-state index contributed by atoms with van der Waals surface area (Å²) in [5.74, 6) is -0.0860. The smallest absolute Gasteiger partial charge is 0.251 e. The van der Waals surface area contributed by atoms with Crippen LogP contribution in [0.1, 0.15) is 37.0 Å². The summed E-state index contributed by atoms with van der Waals surface area (Å²) in [5.41, 5.74) is 0.408. The average Bonchev–Trinajstić information content (AvgIpc) is 2.31. The predicted octanol–water partition coefficient (Wildman–Crippen LogP) is 3.79. The van der Waals surface area contributed by atoms with Gasteiger partial charge in [-0.1, -0.05) is 11.6 Å². The number of halogens is 2. The largest absolute Gasteiger partial charge is 0.375 e. The highest BCUT2D eigenvalue weighted by molar-refractivity contribution is 9.10. The van der Waals surface area contributed by atoms with Gasteiger partial charge in [0.05, 0.1) is 10.6 Å². The van der Waals surface area contributed by atoms with Crippen LogP contribution in [0.3, 0.4) is 0 Å². The monoisotopic (exact) mass is 345 g/mol. The van der Waals surface area contributed by atoms with E-state index < -0.39 is 0 Å². The van der Waals surface area contributed by atoms with Gasteiger partial charge in [0.25, 0.3) is 5.91 Å². The fourth-order valence-electron chi connectivity index (χ4n) is 2.26. The highest BCUT2D eigenvalue weighted by Crippen LogP contribution is 2.25. The summed E-state index contributed by atoms with van der Waals surface area (Å²) in [6.07, 6.45) is 1.67. The molecule has 1 unspecified atom stereocenters. The summed E-state index contributed by atoms with van der Waals surface area (Å²) in [6, 6.07) is 5.37. The SMILES string of the molecule is CC1(C)CC(NC(=O)c2ccc(Br)c(Cl)c2)CCO1. The fourth-order valence-corrected chi connectivity index (χ4v) is 2.69. The van der Waals surface area contributed by atoms with Crippen molar-refractivity contribution in [2.75, 3.05) is 6.61 Å². The molecular weight excluding hydrogens is 330 g/mol. The molecule has 0 saturated carbocycles. The summed E-state index contributed by atoms with van der Waals surface area (Å²) in [6.45, 7) is 4.77. The molecule has 0 aromatic heterocycles. The molecule has 2 rings (SSSR count). The maximum Gasteiger partial charge on any atom is 0.251 e. The van der Waals surface area contributed by atoms with Crippen LogP contribution in [0.5, 0.6) is 0 Å². The number of carbonyl (C=O) groups excluding carboxylic acids is 1. The summed E-state index contributed by atoms with van der Waals surface area (Å²) >= 11 is 9.31. The number of hydrogen-bond acceptors (Lipinski definition) is 2. The third-order valence-electron chi connectivity index (χ3n) is 3.21. The second-order valence-electron chi connectivity index (χ2n) is 5.40. The Morgan fingerprint density at radius 2 is 2.26 bits per heavy atom. The Bertz CT molecular complexity index is 490. The van der Waals surface area contributed by atoms with Gasteiger partial charge < -0.3 is 10.1 Å². The van der Waals surface area contributed by atoms with Crippen molar-refractivity contribution >= 4 is 33.4 Å². The van der Waals surface area contributed by atoms with Gasteiger partial charge in [0, 0.05) is 22.7 Å². The molecule has 1 aliphatic heterocycles. The van der Waals surface area contributed by atoms with Crippen molar-refractivity contribution in [3.63, 3.8) is 0 Å². The zero-order valence-electron chi connectivity index (χ0n) is 11.0. The zero-order valence-corrected chi connectivity index (χ0v) is 13.3.